The summed E-state index contributed by atoms with van der Waals surface area (Å²) in [7, 11) is 2.12. The number of halogens is 4. The van der Waals surface area contributed by atoms with Crippen molar-refractivity contribution >= 4 is 11.7 Å². The van der Waals surface area contributed by atoms with Crippen LogP contribution in [-0.4, -0.2) is 33.7 Å². The van der Waals surface area contributed by atoms with Gasteiger partial charge >= 0.3 is 23.5 Å². The first kappa shape index (κ1) is 28.8. The zero-order valence-electron chi connectivity index (χ0n) is 20.4. The number of para-hydroxylation sites is 1. The third-order valence-electron chi connectivity index (χ3n) is 5.17. The van der Waals surface area contributed by atoms with Crippen LogP contribution in [0.1, 0.15) is 18.2 Å². The van der Waals surface area contributed by atoms with Gasteiger partial charge in [0, 0.05) is 38.8 Å². The van der Waals surface area contributed by atoms with Gasteiger partial charge in [-0.15, -0.1) is 0 Å². The topological polar surface area (TPSA) is 141 Å². The zero-order chi connectivity index (χ0) is 29.1. The summed E-state index contributed by atoms with van der Waals surface area (Å²) in [5.41, 5.74) is -6.28. The predicted molar refractivity (Wildman–Crippen MR) is 123 cm³/mol. The highest BCUT2D eigenvalue weighted by Gasteiger charge is 2.35. The van der Waals surface area contributed by atoms with Crippen LogP contribution < -0.4 is 20.9 Å². The number of ether oxygens (including phenoxy) is 2. The van der Waals surface area contributed by atoms with Crippen LogP contribution >= 0.6 is 0 Å². The molecule has 0 amide bonds. The van der Waals surface area contributed by atoms with Crippen LogP contribution in [0.4, 0.5) is 23.2 Å². The lowest BCUT2D eigenvalue weighted by molar-refractivity contribution is -0.385. The standard InChI is InChI=1S/C23H19F4N3O9/c1-12(31)38-39-17-6-4-5-13(7-8-36-3)21(17)37-18-10-15(14(24)9-16(18)30(34)35)29-20(32)11-19(23(25,26)27)28(2)22(29)33/h4-6,9-11H,7-8H2,1-3H3. The molecule has 1 heterocycles. The Kier molecular flexibility index (Phi) is 8.39. The summed E-state index contributed by atoms with van der Waals surface area (Å²) in [5, 5.41) is 11.7. The van der Waals surface area contributed by atoms with Crippen LogP contribution in [0.25, 0.3) is 5.69 Å². The number of hydrogen-bond acceptors (Lipinski definition) is 9. The molecule has 0 radical (unpaired) electrons. The second kappa shape index (κ2) is 11.3. The zero-order valence-corrected chi connectivity index (χ0v) is 20.4. The van der Waals surface area contributed by atoms with E-state index in [4.69, 9.17) is 14.4 Å². The molecule has 1 aromatic heterocycles. The van der Waals surface area contributed by atoms with Crippen LogP contribution in [0.15, 0.2) is 46.0 Å². The van der Waals surface area contributed by atoms with Gasteiger partial charge in [-0.1, -0.05) is 12.1 Å². The van der Waals surface area contributed by atoms with Gasteiger partial charge < -0.3 is 9.47 Å². The van der Waals surface area contributed by atoms with Gasteiger partial charge in [0.15, 0.2) is 11.6 Å². The van der Waals surface area contributed by atoms with Crippen molar-refractivity contribution in [2.45, 2.75) is 19.5 Å². The van der Waals surface area contributed by atoms with Crippen LogP contribution in [-0.2, 0) is 34.1 Å². The van der Waals surface area contributed by atoms with Crippen molar-refractivity contribution in [1.82, 2.24) is 9.13 Å². The first-order chi connectivity index (χ1) is 18.3. The van der Waals surface area contributed by atoms with Gasteiger partial charge in [0.2, 0.25) is 11.5 Å². The molecule has 208 valence electrons. The predicted octanol–water partition coefficient (Wildman–Crippen LogP) is 3.44. The first-order valence-electron chi connectivity index (χ1n) is 10.8. The number of benzene rings is 2. The molecule has 0 aliphatic carbocycles. The first-order valence-corrected chi connectivity index (χ1v) is 10.8. The minimum atomic E-state index is -5.07. The SMILES string of the molecule is COCCc1cccc(OOC(C)=O)c1Oc1cc(-n2c(=O)cc(C(F)(F)F)n(C)c2=O)c(F)cc1[N+](=O)[O-]. The summed E-state index contributed by atoms with van der Waals surface area (Å²) in [4.78, 5) is 56.5. The number of methoxy groups -OCH3 is 1. The number of rotatable bonds is 9. The van der Waals surface area contributed by atoms with Gasteiger partial charge in [-0.3, -0.25) is 29.3 Å². The lowest BCUT2D eigenvalue weighted by atomic mass is 10.1. The smallest absolute Gasteiger partial charge is 0.431 e. The van der Waals surface area contributed by atoms with Crippen LogP contribution in [0.3, 0.4) is 0 Å². The van der Waals surface area contributed by atoms with Crippen LogP contribution in [0, 0.1) is 15.9 Å². The van der Waals surface area contributed by atoms with Crippen molar-refractivity contribution in [1.29, 1.82) is 0 Å². The number of carbonyl (C=O) groups is 1. The van der Waals surface area contributed by atoms with Crippen molar-refractivity contribution in [3.63, 3.8) is 0 Å². The highest BCUT2D eigenvalue weighted by Crippen LogP contribution is 2.40. The third-order valence-corrected chi connectivity index (χ3v) is 5.17. The highest BCUT2D eigenvalue weighted by atomic mass is 19.4. The van der Waals surface area contributed by atoms with E-state index in [9.17, 15) is 42.1 Å². The molecule has 0 fully saturated rings. The second-order valence-corrected chi connectivity index (χ2v) is 7.82. The molecule has 3 aromatic rings. The fourth-order valence-electron chi connectivity index (χ4n) is 3.41. The van der Waals surface area contributed by atoms with Crippen molar-refractivity contribution in [2.75, 3.05) is 13.7 Å². The van der Waals surface area contributed by atoms with Gasteiger partial charge in [0.1, 0.15) is 5.69 Å². The number of nitro benzene ring substituents is 1. The van der Waals surface area contributed by atoms with E-state index in [0.717, 1.165) is 6.92 Å². The number of alkyl halides is 3. The molecule has 0 aliphatic heterocycles. The molecule has 0 N–H and O–H groups in total. The lowest BCUT2D eigenvalue weighted by Crippen LogP contribution is -2.41. The average Bonchev–Trinajstić information content (AvgIpc) is 2.85. The Morgan fingerprint density at radius 2 is 1.82 bits per heavy atom. The number of nitro groups is 1. The Bertz CT molecular complexity index is 1550. The summed E-state index contributed by atoms with van der Waals surface area (Å²) in [6, 6.07) is 5.29. The fourth-order valence-corrected chi connectivity index (χ4v) is 3.41. The van der Waals surface area contributed by atoms with E-state index in [1.54, 1.807) is 0 Å². The Labute approximate surface area is 215 Å². The maximum atomic E-state index is 15.0. The average molecular weight is 557 g/mol. The number of carbonyl (C=O) groups excluding carboxylic acids is 1. The monoisotopic (exact) mass is 557 g/mol. The molecule has 0 unspecified atom stereocenters. The molecule has 2 aromatic carbocycles. The summed E-state index contributed by atoms with van der Waals surface area (Å²) in [6.45, 7) is 1.18. The minimum Gasteiger partial charge on any atom is -0.446 e. The Morgan fingerprint density at radius 3 is 2.41 bits per heavy atom. The summed E-state index contributed by atoms with van der Waals surface area (Å²) in [6.07, 6.45) is -4.91. The molecule has 0 spiro atoms. The molecule has 0 saturated carbocycles. The molecule has 0 saturated heterocycles. The second-order valence-electron chi connectivity index (χ2n) is 7.82. The van der Waals surface area contributed by atoms with Crippen LogP contribution in [0.2, 0.25) is 0 Å². The summed E-state index contributed by atoms with van der Waals surface area (Å²) in [5.74, 6) is -3.51. The van der Waals surface area contributed by atoms with Crippen molar-refractivity contribution in [2.24, 2.45) is 7.05 Å². The van der Waals surface area contributed by atoms with Crippen molar-refractivity contribution < 1.29 is 46.5 Å². The van der Waals surface area contributed by atoms with E-state index < -0.39 is 57.0 Å². The molecular formula is C23H19F4N3O9. The van der Waals surface area contributed by atoms with Gasteiger partial charge in [-0.05, 0) is 12.5 Å². The minimum absolute atomic E-state index is 0.0637. The summed E-state index contributed by atoms with van der Waals surface area (Å²) < 4.78 is 65.5. The quantitative estimate of drug-likeness (QED) is 0.167. The highest BCUT2D eigenvalue weighted by molar-refractivity contribution is 5.65. The maximum Gasteiger partial charge on any atom is 0.431 e. The number of aromatic nitrogens is 2. The Morgan fingerprint density at radius 1 is 1.13 bits per heavy atom. The van der Waals surface area contributed by atoms with Gasteiger partial charge in [-0.2, -0.15) is 13.2 Å². The molecule has 16 heteroatoms. The fraction of sp³-hybridized carbons (Fsp3) is 0.261. The maximum absolute atomic E-state index is 15.0. The van der Waals surface area contributed by atoms with Gasteiger partial charge in [0.05, 0.1) is 23.3 Å². The normalized spacial score (nSPS) is 11.3. The molecule has 39 heavy (non-hydrogen) atoms. The van der Waals surface area contributed by atoms with Crippen molar-refractivity contribution in [3.05, 3.63) is 84.4 Å². The van der Waals surface area contributed by atoms with E-state index in [-0.39, 0.29) is 39.7 Å². The summed E-state index contributed by atoms with van der Waals surface area (Å²) >= 11 is 0. The molecule has 12 nitrogen and oxygen atoms in total. The molecule has 0 aliphatic rings. The van der Waals surface area contributed by atoms with Crippen molar-refractivity contribution in [3.8, 4) is 22.9 Å². The van der Waals surface area contributed by atoms with E-state index in [2.05, 4.69) is 4.89 Å². The Balaban J connectivity index is 2.26. The van der Waals surface area contributed by atoms with E-state index >= 15 is 0 Å². The third kappa shape index (κ3) is 6.23. The largest absolute Gasteiger partial charge is 0.446 e. The number of nitrogens with zero attached hydrogens (tertiary/aromatic N) is 3. The van der Waals surface area contributed by atoms with E-state index in [1.165, 1.54) is 25.3 Å². The Hall–Kier alpha value is -4.73. The van der Waals surface area contributed by atoms with Gasteiger partial charge in [-0.25, -0.2) is 18.5 Å². The van der Waals surface area contributed by atoms with E-state index in [1.807, 2.05) is 0 Å². The lowest BCUT2D eigenvalue weighted by Gasteiger charge is -2.17. The molecule has 0 bridgehead atoms. The molecular weight excluding hydrogens is 538 g/mol. The molecule has 3 rings (SSSR count). The van der Waals surface area contributed by atoms with E-state index in [0.29, 0.717) is 24.7 Å². The van der Waals surface area contributed by atoms with Gasteiger partial charge in [0.25, 0.3) is 5.56 Å². The number of hydrogen-bond donors (Lipinski definition) is 0. The van der Waals surface area contributed by atoms with Crippen LogP contribution in [0.5, 0.6) is 17.2 Å². The molecule has 0 atom stereocenters.